The number of nitrogen functional groups attached to an aromatic ring is 1. The molecule has 0 spiro atoms. The second-order valence-corrected chi connectivity index (χ2v) is 4.75. The SMILES string of the molecule is CCCc1ccc(OCc2ccc(N)cc2OC)cc1. The van der Waals surface area contributed by atoms with E-state index in [1.54, 1.807) is 7.11 Å². The lowest BCUT2D eigenvalue weighted by Gasteiger charge is -2.11. The Labute approximate surface area is 120 Å². The molecule has 3 heteroatoms. The van der Waals surface area contributed by atoms with Crippen LogP contribution in [0, 0.1) is 0 Å². The fourth-order valence-corrected chi connectivity index (χ4v) is 2.08. The van der Waals surface area contributed by atoms with Gasteiger partial charge in [0.15, 0.2) is 0 Å². The van der Waals surface area contributed by atoms with E-state index in [4.69, 9.17) is 15.2 Å². The summed E-state index contributed by atoms with van der Waals surface area (Å²) in [6.07, 6.45) is 2.26. The Balaban J connectivity index is 2.01. The van der Waals surface area contributed by atoms with Crippen LogP contribution in [0.4, 0.5) is 5.69 Å². The minimum atomic E-state index is 0.469. The van der Waals surface area contributed by atoms with Crippen molar-refractivity contribution in [1.82, 2.24) is 0 Å². The summed E-state index contributed by atoms with van der Waals surface area (Å²) < 4.78 is 11.1. The van der Waals surface area contributed by atoms with E-state index in [2.05, 4.69) is 19.1 Å². The average molecular weight is 271 g/mol. The summed E-state index contributed by atoms with van der Waals surface area (Å²) in [6.45, 7) is 2.65. The van der Waals surface area contributed by atoms with Crippen LogP contribution in [-0.4, -0.2) is 7.11 Å². The molecule has 0 bridgehead atoms. The van der Waals surface area contributed by atoms with Gasteiger partial charge in [-0.05, 0) is 36.2 Å². The van der Waals surface area contributed by atoms with Crippen molar-refractivity contribution in [2.24, 2.45) is 0 Å². The number of aryl methyl sites for hydroxylation is 1. The normalized spacial score (nSPS) is 10.3. The molecule has 106 valence electrons. The first kappa shape index (κ1) is 14.3. The number of hydrogen-bond acceptors (Lipinski definition) is 3. The zero-order valence-corrected chi connectivity index (χ0v) is 12.1. The molecule has 2 aromatic carbocycles. The third-order valence-corrected chi connectivity index (χ3v) is 3.17. The second-order valence-electron chi connectivity index (χ2n) is 4.75. The molecule has 20 heavy (non-hydrogen) atoms. The molecule has 0 heterocycles. The van der Waals surface area contributed by atoms with Crippen molar-refractivity contribution in [3.8, 4) is 11.5 Å². The summed E-state index contributed by atoms with van der Waals surface area (Å²) >= 11 is 0. The van der Waals surface area contributed by atoms with E-state index in [0.717, 1.165) is 29.9 Å². The topological polar surface area (TPSA) is 44.5 Å². The largest absolute Gasteiger partial charge is 0.496 e. The van der Waals surface area contributed by atoms with Crippen molar-refractivity contribution >= 4 is 5.69 Å². The fourth-order valence-electron chi connectivity index (χ4n) is 2.08. The highest BCUT2D eigenvalue weighted by Gasteiger charge is 2.04. The van der Waals surface area contributed by atoms with Gasteiger partial charge in [0, 0.05) is 17.3 Å². The van der Waals surface area contributed by atoms with Gasteiger partial charge >= 0.3 is 0 Å². The van der Waals surface area contributed by atoms with Crippen molar-refractivity contribution in [2.45, 2.75) is 26.4 Å². The highest BCUT2D eigenvalue weighted by molar-refractivity contribution is 5.48. The lowest BCUT2D eigenvalue weighted by molar-refractivity contribution is 0.296. The molecular formula is C17H21NO2. The van der Waals surface area contributed by atoms with Crippen LogP contribution < -0.4 is 15.2 Å². The van der Waals surface area contributed by atoms with Gasteiger partial charge in [-0.2, -0.15) is 0 Å². The zero-order valence-electron chi connectivity index (χ0n) is 12.1. The van der Waals surface area contributed by atoms with Gasteiger partial charge in [-0.25, -0.2) is 0 Å². The quantitative estimate of drug-likeness (QED) is 0.812. The van der Waals surface area contributed by atoms with Crippen LogP contribution in [0.15, 0.2) is 42.5 Å². The molecule has 0 aliphatic carbocycles. The van der Waals surface area contributed by atoms with E-state index in [0.29, 0.717) is 12.3 Å². The molecule has 0 saturated heterocycles. The maximum atomic E-state index is 5.79. The summed E-state index contributed by atoms with van der Waals surface area (Å²) in [5.41, 5.74) is 8.75. The highest BCUT2D eigenvalue weighted by Crippen LogP contribution is 2.23. The van der Waals surface area contributed by atoms with Crippen LogP contribution in [0.2, 0.25) is 0 Å². The Bertz CT molecular complexity index is 549. The van der Waals surface area contributed by atoms with Crippen LogP contribution in [0.3, 0.4) is 0 Å². The van der Waals surface area contributed by atoms with E-state index in [9.17, 15) is 0 Å². The van der Waals surface area contributed by atoms with Crippen molar-refractivity contribution in [1.29, 1.82) is 0 Å². The predicted octanol–water partition coefficient (Wildman–Crippen LogP) is 3.81. The molecule has 0 aliphatic rings. The Hall–Kier alpha value is -2.16. The number of nitrogens with two attached hydrogens (primary N) is 1. The molecular weight excluding hydrogens is 250 g/mol. The molecule has 0 saturated carbocycles. The van der Waals surface area contributed by atoms with E-state index in [1.165, 1.54) is 5.56 Å². The van der Waals surface area contributed by atoms with Gasteiger partial charge in [0.25, 0.3) is 0 Å². The molecule has 0 aliphatic heterocycles. The molecule has 3 nitrogen and oxygen atoms in total. The molecule has 0 unspecified atom stereocenters. The number of methoxy groups -OCH3 is 1. The molecule has 2 N–H and O–H groups in total. The van der Waals surface area contributed by atoms with E-state index < -0.39 is 0 Å². The lowest BCUT2D eigenvalue weighted by atomic mass is 10.1. The first-order valence-corrected chi connectivity index (χ1v) is 6.87. The summed E-state index contributed by atoms with van der Waals surface area (Å²) in [5.74, 6) is 1.62. The molecule has 0 atom stereocenters. The third-order valence-electron chi connectivity index (χ3n) is 3.17. The summed E-state index contributed by atoms with van der Waals surface area (Å²) in [4.78, 5) is 0. The molecule has 0 fully saturated rings. The van der Waals surface area contributed by atoms with Gasteiger partial charge in [0.2, 0.25) is 0 Å². The van der Waals surface area contributed by atoms with E-state index >= 15 is 0 Å². The summed E-state index contributed by atoms with van der Waals surface area (Å²) in [5, 5.41) is 0. The van der Waals surface area contributed by atoms with Gasteiger partial charge in [-0.3, -0.25) is 0 Å². The number of hydrogen-bond donors (Lipinski definition) is 1. The molecule has 0 radical (unpaired) electrons. The van der Waals surface area contributed by atoms with Crippen LogP contribution >= 0.6 is 0 Å². The minimum absolute atomic E-state index is 0.469. The maximum absolute atomic E-state index is 5.79. The van der Waals surface area contributed by atoms with Gasteiger partial charge in [0.05, 0.1) is 7.11 Å². The number of benzene rings is 2. The van der Waals surface area contributed by atoms with Crippen LogP contribution in [-0.2, 0) is 13.0 Å². The van der Waals surface area contributed by atoms with Gasteiger partial charge in [0.1, 0.15) is 18.1 Å². The van der Waals surface area contributed by atoms with Crippen molar-refractivity contribution in [3.05, 3.63) is 53.6 Å². The van der Waals surface area contributed by atoms with Gasteiger partial charge in [-0.1, -0.05) is 25.5 Å². The van der Waals surface area contributed by atoms with Crippen LogP contribution in [0.25, 0.3) is 0 Å². The third kappa shape index (κ3) is 3.67. The first-order chi connectivity index (χ1) is 9.72. The number of rotatable bonds is 6. The second kappa shape index (κ2) is 6.85. The average Bonchev–Trinajstić information content (AvgIpc) is 2.47. The Morgan fingerprint density at radius 2 is 1.80 bits per heavy atom. The highest BCUT2D eigenvalue weighted by atomic mass is 16.5. The van der Waals surface area contributed by atoms with Crippen LogP contribution in [0.1, 0.15) is 24.5 Å². The monoisotopic (exact) mass is 271 g/mol. The first-order valence-electron chi connectivity index (χ1n) is 6.87. The Morgan fingerprint density at radius 3 is 2.45 bits per heavy atom. The standard InChI is InChI=1S/C17H21NO2/c1-3-4-13-5-9-16(10-6-13)20-12-14-7-8-15(18)11-17(14)19-2/h5-11H,3-4,12,18H2,1-2H3. The van der Waals surface area contributed by atoms with E-state index in [1.807, 2.05) is 30.3 Å². The Morgan fingerprint density at radius 1 is 1.05 bits per heavy atom. The zero-order chi connectivity index (χ0) is 14.4. The number of anilines is 1. The van der Waals surface area contributed by atoms with Crippen LogP contribution in [0.5, 0.6) is 11.5 Å². The van der Waals surface area contributed by atoms with Gasteiger partial charge in [-0.15, -0.1) is 0 Å². The van der Waals surface area contributed by atoms with Gasteiger partial charge < -0.3 is 15.2 Å². The van der Waals surface area contributed by atoms with E-state index in [-0.39, 0.29) is 0 Å². The molecule has 2 rings (SSSR count). The smallest absolute Gasteiger partial charge is 0.127 e. The summed E-state index contributed by atoms with van der Waals surface area (Å²) in [7, 11) is 1.64. The minimum Gasteiger partial charge on any atom is -0.496 e. The lowest BCUT2D eigenvalue weighted by Crippen LogP contribution is -2.00. The van der Waals surface area contributed by atoms with Crippen molar-refractivity contribution in [3.63, 3.8) is 0 Å². The summed E-state index contributed by atoms with van der Waals surface area (Å²) in [6, 6.07) is 13.8. The molecule has 0 aromatic heterocycles. The van der Waals surface area contributed by atoms with Crippen molar-refractivity contribution < 1.29 is 9.47 Å². The number of ether oxygens (including phenoxy) is 2. The van der Waals surface area contributed by atoms with Crippen molar-refractivity contribution in [2.75, 3.05) is 12.8 Å². The molecule has 2 aromatic rings. The predicted molar refractivity (Wildman–Crippen MR) is 82.2 cm³/mol. The molecule has 0 amide bonds. The fraction of sp³-hybridized carbons (Fsp3) is 0.294. The Kier molecular flexibility index (Phi) is 4.88. The maximum Gasteiger partial charge on any atom is 0.127 e.